The lowest BCUT2D eigenvalue weighted by atomic mass is 10.2. The average molecular weight is 316 g/mol. The number of nitrogens with zero attached hydrogens (tertiary/aromatic N) is 1. The van der Waals surface area contributed by atoms with Crippen LogP contribution in [0.15, 0.2) is 48.5 Å². The third-order valence-corrected chi connectivity index (χ3v) is 2.81. The van der Waals surface area contributed by atoms with Crippen LogP contribution >= 0.6 is 0 Å². The van der Waals surface area contributed by atoms with E-state index in [0.29, 0.717) is 5.69 Å². The summed E-state index contributed by atoms with van der Waals surface area (Å²) in [5.41, 5.74) is 0.0802. The number of rotatable bonds is 6. The van der Waals surface area contributed by atoms with Crippen molar-refractivity contribution in [1.82, 2.24) is 0 Å². The summed E-state index contributed by atoms with van der Waals surface area (Å²) in [6.07, 6.45) is 0. The summed E-state index contributed by atoms with van der Waals surface area (Å²) in [5, 5.41) is 22.2. The summed E-state index contributed by atoms with van der Waals surface area (Å²) in [6.45, 7) is -0.442. The number of nitro groups is 1. The molecule has 0 radical (unpaired) electrons. The van der Waals surface area contributed by atoms with E-state index in [-0.39, 0.29) is 17.0 Å². The van der Waals surface area contributed by atoms with Gasteiger partial charge in [-0.3, -0.25) is 14.9 Å². The van der Waals surface area contributed by atoms with Gasteiger partial charge in [-0.05, 0) is 24.3 Å². The maximum absolute atomic E-state index is 11.8. The Kier molecular flexibility index (Phi) is 4.88. The highest BCUT2D eigenvalue weighted by molar-refractivity contribution is 5.94. The molecule has 8 heteroatoms. The van der Waals surface area contributed by atoms with Crippen LogP contribution in [0.4, 0.5) is 11.4 Å². The third kappa shape index (κ3) is 4.27. The number of ether oxygens (including phenoxy) is 1. The van der Waals surface area contributed by atoms with Crippen molar-refractivity contribution >= 4 is 23.3 Å². The van der Waals surface area contributed by atoms with Gasteiger partial charge in [0.15, 0.2) is 12.4 Å². The molecule has 0 saturated carbocycles. The van der Waals surface area contributed by atoms with Gasteiger partial charge in [0.05, 0.1) is 10.5 Å². The Morgan fingerprint density at radius 2 is 1.91 bits per heavy atom. The standard InChI is InChI=1S/C15H12N2O6/c18-14(16-11-5-3-4-10(8-11)15(19)20)9-23-13-7-2-1-6-12(13)17(21)22/h1-8H,9H2,(H,16,18)(H,19,20). The van der Waals surface area contributed by atoms with Gasteiger partial charge in [0.25, 0.3) is 5.91 Å². The van der Waals surface area contributed by atoms with Crippen LogP contribution in [0.25, 0.3) is 0 Å². The summed E-state index contributed by atoms with van der Waals surface area (Å²) in [4.78, 5) is 32.9. The summed E-state index contributed by atoms with van der Waals surface area (Å²) in [5.74, 6) is -1.70. The van der Waals surface area contributed by atoms with E-state index in [0.717, 1.165) is 0 Å². The number of carbonyl (C=O) groups is 2. The molecule has 2 N–H and O–H groups in total. The Bertz CT molecular complexity index is 759. The molecule has 2 aromatic carbocycles. The summed E-state index contributed by atoms with van der Waals surface area (Å²) >= 11 is 0. The van der Waals surface area contributed by atoms with Gasteiger partial charge >= 0.3 is 11.7 Å². The second kappa shape index (κ2) is 7.03. The van der Waals surface area contributed by atoms with Crippen LogP contribution in [-0.4, -0.2) is 28.5 Å². The van der Waals surface area contributed by atoms with Crippen LogP contribution in [0.2, 0.25) is 0 Å². The van der Waals surface area contributed by atoms with Gasteiger partial charge in [0, 0.05) is 11.8 Å². The number of anilines is 1. The molecule has 2 rings (SSSR count). The number of amides is 1. The van der Waals surface area contributed by atoms with Crippen molar-refractivity contribution in [3.8, 4) is 5.75 Å². The fraction of sp³-hybridized carbons (Fsp3) is 0.0667. The van der Waals surface area contributed by atoms with E-state index in [1.54, 1.807) is 6.07 Å². The molecule has 0 unspecified atom stereocenters. The molecule has 23 heavy (non-hydrogen) atoms. The fourth-order valence-corrected chi connectivity index (χ4v) is 1.80. The molecule has 8 nitrogen and oxygen atoms in total. The molecular weight excluding hydrogens is 304 g/mol. The Morgan fingerprint density at radius 1 is 1.17 bits per heavy atom. The molecule has 0 saturated heterocycles. The highest BCUT2D eigenvalue weighted by Crippen LogP contribution is 2.25. The van der Waals surface area contributed by atoms with Crippen LogP contribution < -0.4 is 10.1 Å². The number of hydrogen-bond donors (Lipinski definition) is 2. The first-order valence-corrected chi connectivity index (χ1v) is 6.47. The summed E-state index contributed by atoms with van der Waals surface area (Å²) in [7, 11) is 0. The van der Waals surface area contributed by atoms with Crippen molar-refractivity contribution in [1.29, 1.82) is 0 Å². The second-order valence-corrected chi connectivity index (χ2v) is 4.45. The first kappa shape index (κ1) is 16.0. The largest absolute Gasteiger partial charge is 0.478 e. The molecule has 0 aliphatic heterocycles. The number of carboxylic acid groups (broad SMARTS) is 1. The Hall–Kier alpha value is -3.42. The molecule has 0 fully saturated rings. The minimum absolute atomic E-state index is 0.0214. The first-order valence-electron chi connectivity index (χ1n) is 6.47. The lowest BCUT2D eigenvalue weighted by Crippen LogP contribution is -2.20. The molecule has 1 amide bonds. The highest BCUT2D eigenvalue weighted by Gasteiger charge is 2.15. The normalized spacial score (nSPS) is 9.91. The van der Waals surface area contributed by atoms with Gasteiger partial charge in [-0.25, -0.2) is 4.79 Å². The quantitative estimate of drug-likeness (QED) is 0.623. The zero-order chi connectivity index (χ0) is 16.8. The molecule has 0 aromatic heterocycles. The number of nitro benzene ring substituents is 1. The Balaban J connectivity index is 2.00. The van der Waals surface area contributed by atoms with Crippen molar-refractivity contribution in [3.63, 3.8) is 0 Å². The lowest BCUT2D eigenvalue weighted by molar-refractivity contribution is -0.385. The van der Waals surface area contributed by atoms with Gasteiger partial charge in [-0.2, -0.15) is 0 Å². The minimum atomic E-state index is -1.11. The van der Waals surface area contributed by atoms with E-state index in [1.165, 1.54) is 42.5 Å². The van der Waals surface area contributed by atoms with Gasteiger partial charge in [0.1, 0.15) is 0 Å². The fourth-order valence-electron chi connectivity index (χ4n) is 1.80. The average Bonchev–Trinajstić information content (AvgIpc) is 2.53. The van der Waals surface area contributed by atoms with Crippen LogP contribution in [0, 0.1) is 10.1 Å². The van der Waals surface area contributed by atoms with Crippen LogP contribution in [0.3, 0.4) is 0 Å². The van der Waals surface area contributed by atoms with Crippen molar-refractivity contribution in [2.45, 2.75) is 0 Å². The van der Waals surface area contributed by atoms with Crippen LogP contribution in [0.5, 0.6) is 5.75 Å². The maximum Gasteiger partial charge on any atom is 0.335 e. The van der Waals surface area contributed by atoms with Gasteiger partial charge in [-0.15, -0.1) is 0 Å². The molecule has 2 aromatic rings. The summed E-state index contributed by atoms with van der Waals surface area (Å²) < 4.78 is 5.14. The van der Waals surface area contributed by atoms with Crippen LogP contribution in [0.1, 0.15) is 10.4 Å². The summed E-state index contributed by atoms with van der Waals surface area (Å²) in [6, 6.07) is 11.4. The number of benzene rings is 2. The highest BCUT2D eigenvalue weighted by atomic mass is 16.6. The Morgan fingerprint density at radius 3 is 2.61 bits per heavy atom. The van der Waals surface area contributed by atoms with E-state index in [2.05, 4.69) is 5.32 Å². The van der Waals surface area contributed by atoms with Gasteiger partial charge in [0.2, 0.25) is 0 Å². The monoisotopic (exact) mass is 316 g/mol. The SMILES string of the molecule is O=C(COc1ccccc1[N+](=O)[O-])Nc1cccc(C(=O)O)c1. The van der Waals surface area contributed by atoms with Gasteiger partial charge < -0.3 is 15.2 Å². The molecule has 0 bridgehead atoms. The van der Waals surface area contributed by atoms with Crippen molar-refractivity contribution in [3.05, 3.63) is 64.2 Å². The zero-order valence-electron chi connectivity index (χ0n) is 11.8. The van der Waals surface area contributed by atoms with Crippen molar-refractivity contribution in [2.24, 2.45) is 0 Å². The molecule has 0 aliphatic carbocycles. The molecule has 0 spiro atoms. The second-order valence-electron chi connectivity index (χ2n) is 4.45. The van der Waals surface area contributed by atoms with E-state index >= 15 is 0 Å². The Labute approximate surface area is 130 Å². The van der Waals surface area contributed by atoms with Crippen LogP contribution in [-0.2, 0) is 4.79 Å². The number of carbonyl (C=O) groups excluding carboxylic acids is 1. The molecule has 0 aliphatic rings. The number of nitrogens with one attached hydrogen (secondary N) is 1. The minimum Gasteiger partial charge on any atom is -0.478 e. The number of para-hydroxylation sites is 2. The lowest BCUT2D eigenvalue weighted by Gasteiger charge is -2.08. The number of aromatic carboxylic acids is 1. The number of hydrogen-bond acceptors (Lipinski definition) is 5. The molecular formula is C15H12N2O6. The van der Waals surface area contributed by atoms with Crippen molar-refractivity contribution < 1.29 is 24.4 Å². The topological polar surface area (TPSA) is 119 Å². The maximum atomic E-state index is 11.8. The number of carboxylic acids is 1. The molecule has 118 valence electrons. The zero-order valence-corrected chi connectivity index (χ0v) is 11.8. The van der Waals surface area contributed by atoms with E-state index in [4.69, 9.17) is 9.84 Å². The van der Waals surface area contributed by atoms with Crippen molar-refractivity contribution in [2.75, 3.05) is 11.9 Å². The smallest absolute Gasteiger partial charge is 0.335 e. The predicted octanol–water partition coefficient (Wildman–Crippen LogP) is 2.31. The molecule has 0 heterocycles. The predicted molar refractivity (Wildman–Crippen MR) is 80.6 cm³/mol. The first-order chi connectivity index (χ1) is 11.0. The van der Waals surface area contributed by atoms with E-state index in [1.807, 2.05) is 0 Å². The molecule has 0 atom stereocenters. The van der Waals surface area contributed by atoms with Gasteiger partial charge in [-0.1, -0.05) is 18.2 Å². The van der Waals surface area contributed by atoms with E-state index in [9.17, 15) is 19.7 Å². The third-order valence-electron chi connectivity index (χ3n) is 2.81. The van der Waals surface area contributed by atoms with E-state index < -0.39 is 23.4 Å².